The second-order valence-corrected chi connectivity index (χ2v) is 13.9. The zero-order valence-corrected chi connectivity index (χ0v) is 23.0. The lowest BCUT2D eigenvalue weighted by Crippen LogP contribution is -2.76. The zero-order valence-electron chi connectivity index (χ0n) is 21.9. The molecule has 5 rings (SSSR count). The summed E-state index contributed by atoms with van der Waals surface area (Å²) in [6.45, 7) is 9.11. The van der Waals surface area contributed by atoms with Gasteiger partial charge < -0.3 is 0 Å². The second kappa shape index (κ2) is 12.0. The smallest absolute Gasteiger partial charge is 0.215 e. The number of aryl methyl sites for hydroxylation is 4. The van der Waals surface area contributed by atoms with Crippen molar-refractivity contribution >= 4 is 30.8 Å². The van der Waals surface area contributed by atoms with E-state index >= 15 is 0 Å². The molecule has 0 atom stereocenters. The van der Waals surface area contributed by atoms with Crippen LogP contribution in [0, 0.1) is 27.7 Å². The fraction of sp³-hybridized carbons (Fsp3) is 0.114. The van der Waals surface area contributed by atoms with Crippen LogP contribution >= 0.6 is 0 Å². The molecule has 0 aromatic heterocycles. The van der Waals surface area contributed by atoms with E-state index in [4.69, 9.17) is 0 Å². The normalized spacial score (nSPS) is 10.8. The quantitative estimate of drug-likeness (QED) is 0.209. The molecule has 0 spiro atoms. The van der Waals surface area contributed by atoms with E-state index in [9.17, 15) is 0 Å². The number of hydrogen-bond donors (Lipinski definition) is 0. The van der Waals surface area contributed by atoms with Gasteiger partial charge in [-0.05, 0) is 27.7 Å². The van der Waals surface area contributed by atoms with E-state index in [1.165, 1.54) is 40.0 Å². The largest absolute Gasteiger partial charge is 0.268 e. The minimum absolute atomic E-state index is 1.38. The summed E-state index contributed by atoms with van der Waals surface area (Å²) in [7, 11) is 0. The average Bonchev–Trinajstić information content (AvgIpc) is 3.22. The van der Waals surface area contributed by atoms with Crippen molar-refractivity contribution in [3.05, 3.63) is 162 Å². The third-order valence-corrected chi connectivity index (χ3v) is 13.7. The molecule has 0 saturated heterocycles. The van der Waals surface area contributed by atoms with Gasteiger partial charge in [-0.15, -0.1) is 24.3 Å². The molecular formula is C35H35Al. The van der Waals surface area contributed by atoms with Gasteiger partial charge in [0.25, 0.3) is 13.1 Å². The van der Waals surface area contributed by atoms with Crippen molar-refractivity contribution in [1.29, 1.82) is 0 Å². The molecule has 0 fully saturated rings. The third kappa shape index (κ3) is 5.19. The summed E-state index contributed by atoms with van der Waals surface area (Å²) in [5.74, 6) is 0. The van der Waals surface area contributed by atoms with Crippen molar-refractivity contribution in [1.82, 2.24) is 0 Å². The highest BCUT2D eigenvalue weighted by atomic mass is 27.2. The lowest BCUT2D eigenvalue weighted by molar-refractivity contribution is 1.44. The first-order chi connectivity index (χ1) is 17.6. The molecule has 0 aliphatic rings. The highest BCUT2D eigenvalue weighted by Crippen LogP contribution is 2.16. The molecule has 1 heteroatoms. The Hall–Kier alpha value is -3.50. The maximum atomic E-state index is 2.38. The number of benzene rings is 4. The molecule has 0 saturated carbocycles. The van der Waals surface area contributed by atoms with Crippen LogP contribution < -0.4 is 17.7 Å². The SMILES string of the molecule is Cc1cccc[c]1[Al-]([c]1ccccc1C)([c]1ccccc1C)[c]1ccccc1C.c1ccc[cH+]cc1. The monoisotopic (exact) mass is 482 g/mol. The highest BCUT2D eigenvalue weighted by molar-refractivity contribution is 7.20. The van der Waals surface area contributed by atoms with E-state index < -0.39 is 13.1 Å². The Kier molecular flexibility index (Phi) is 8.50. The van der Waals surface area contributed by atoms with Crippen molar-refractivity contribution in [2.75, 3.05) is 0 Å². The Balaban J connectivity index is 0.000000375. The van der Waals surface area contributed by atoms with Crippen LogP contribution in [0.4, 0.5) is 0 Å². The predicted molar refractivity (Wildman–Crippen MR) is 160 cm³/mol. The fourth-order valence-electron chi connectivity index (χ4n) is 5.74. The summed E-state index contributed by atoms with van der Waals surface area (Å²) < 4.78 is 6.05. The summed E-state index contributed by atoms with van der Waals surface area (Å²) in [4.78, 5) is 0. The zero-order chi connectivity index (χ0) is 25.4. The van der Waals surface area contributed by atoms with Gasteiger partial charge in [0.1, 0.15) is 0 Å². The summed E-state index contributed by atoms with van der Waals surface area (Å²) in [6, 6.07) is 50.1. The van der Waals surface area contributed by atoms with Gasteiger partial charge in [0, 0.05) is 42.5 Å². The van der Waals surface area contributed by atoms with Crippen LogP contribution in [0.1, 0.15) is 22.3 Å². The molecule has 0 amide bonds. The van der Waals surface area contributed by atoms with Crippen molar-refractivity contribution in [3.63, 3.8) is 0 Å². The molecule has 0 aliphatic heterocycles. The van der Waals surface area contributed by atoms with Crippen molar-refractivity contribution in [3.8, 4) is 0 Å². The molecule has 5 aromatic carbocycles. The molecule has 5 aromatic rings. The minimum atomic E-state index is -2.90. The van der Waals surface area contributed by atoms with E-state index in [2.05, 4.69) is 125 Å². The van der Waals surface area contributed by atoms with E-state index in [-0.39, 0.29) is 0 Å². The van der Waals surface area contributed by atoms with Crippen molar-refractivity contribution < 1.29 is 0 Å². The molecule has 0 heterocycles. The van der Waals surface area contributed by atoms with Gasteiger partial charge in [-0.1, -0.05) is 95.1 Å². The first kappa shape index (κ1) is 25.6. The molecule has 0 radical (unpaired) electrons. The molecule has 0 nitrogen and oxygen atoms in total. The Bertz CT molecular complexity index is 1200. The summed E-state index contributed by atoms with van der Waals surface area (Å²) in [5.41, 5.74) is 5.53. The molecule has 0 unspecified atom stereocenters. The van der Waals surface area contributed by atoms with E-state index in [1.54, 1.807) is 0 Å². The van der Waals surface area contributed by atoms with Gasteiger partial charge in [0.15, 0.2) is 0 Å². The van der Waals surface area contributed by atoms with Crippen molar-refractivity contribution in [2.45, 2.75) is 27.7 Å². The number of rotatable bonds is 4. The Labute approximate surface area is 219 Å². The maximum Gasteiger partial charge on any atom is 0.268 e. The van der Waals surface area contributed by atoms with Gasteiger partial charge in [-0.3, -0.25) is 0 Å². The molecular weight excluding hydrogens is 447 g/mol. The molecule has 0 aliphatic carbocycles. The van der Waals surface area contributed by atoms with E-state index in [1.807, 2.05) is 42.5 Å². The van der Waals surface area contributed by atoms with E-state index in [0.717, 1.165) is 0 Å². The second-order valence-electron chi connectivity index (χ2n) is 9.64. The van der Waals surface area contributed by atoms with Crippen LogP contribution in [-0.4, -0.2) is 13.1 Å². The van der Waals surface area contributed by atoms with Crippen LogP contribution in [0.3, 0.4) is 0 Å². The standard InChI is InChI=1S/5C7H7.Al/c4*1-7-5-3-2-4-6-7;1-2-4-6-7-5-3-1;/h4*2-5H,1H3;1-7H;/q;;;;+1;-1. The minimum Gasteiger partial charge on any atom is -0.215 e. The van der Waals surface area contributed by atoms with Gasteiger partial charge in [0.2, 0.25) is 0 Å². The van der Waals surface area contributed by atoms with Crippen LogP contribution in [0.25, 0.3) is 0 Å². The first-order valence-electron chi connectivity index (χ1n) is 12.8. The van der Waals surface area contributed by atoms with Crippen LogP contribution in [0.15, 0.2) is 140 Å². The Morgan fingerprint density at radius 1 is 0.361 bits per heavy atom. The Morgan fingerprint density at radius 3 is 0.917 bits per heavy atom. The molecule has 36 heavy (non-hydrogen) atoms. The maximum absolute atomic E-state index is 2.90. The highest BCUT2D eigenvalue weighted by Gasteiger charge is 2.39. The molecule has 0 N–H and O–H groups in total. The predicted octanol–water partition coefficient (Wildman–Crippen LogP) is 6.27. The van der Waals surface area contributed by atoms with Gasteiger partial charge in [-0.2, -0.15) is 0 Å². The van der Waals surface area contributed by atoms with Crippen LogP contribution in [0.5, 0.6) is 0 Å². The fourth-order valence-corrected chi connectivity index (χ4v) is 12.5. The lowest BCUT2D eigenvalue weighted by Gasteiger charge is -2.45. The summed E-state index contributed by atoms with van der Waals surface area (Å²) >= 11 is -2.90. The molecule has 0 bridgehead atoms. The average molecular weight is 483 g/mol. The third-order valence-electron chi connectivity index (χ3n) is 7.40. The van der Waals surface area contributed by atoms with Crippen LogP contribution in [0.2, 0.25) is 0 Å². The van der Waals surface area contributed by atoms with Crippen molar-refractivity contribution in [2.24, 2.45) is 0 Å². The summed E-state index contributed by atoms with van der Waals surface area (Å²) in [5, 5.41) is 0. The van der Waals surface area contributed by atoms with Gasteiger partial charge in [-0.25, -0.2) is 17.7 Å². The molecule has 178 valence electrons. The van der Waals surface area contributed by atoms with Gasteiger partial charge in [0.05, 0.1) is 0 Å². The van der Waals surface area contributed by atoms with Gasteiger partial charge >= 0.3 is 0 Å². The Morgan fingerprint density at radius 2 is 0.639 bits per heavy atom. The summed E-state index contributed by atoms with van der Waals surface area (Å²) in [6.07, 6.45) is 0. The van der Waals surface area contributed by atoms with E-state index in [0.29, 0.717) is 0 Å². The lowest BCUT2D eigenvalue weighted by atomic mass is 10.2. The first-order valence-corrected chi connectivity index (χ1v) is 15.1. The van der Waals surface area contributed by atoms with Crippen LogP contribution in [-0.2, 0) is 0 Å². The number of hydrogen-bond acceptors (Lipinski definition) is 0. The topological polar surface area (TPSA) is 0 Å².